The number of esters is 1. The van der Waals surface area contributed by atoms with E-state index in [1.807, 2.05) is 0 Å². The van der Waals surface area contributed by atoms with Crippen LogP contribution in [-0.2, 0) is 14.3 Å². The Balaban J connectivity index is 2.62. The van der Waals surface area contributed by atoms with Crippen molar-refractivity contribution in [2.75, 3.05) is 13.7 Å². The summed E-state index contributed by atoms with van der Waals surface area (Å²) in [6.45, 7) is 8.86. The van der Waals surface area contributed by atoms with Crippen LogP contribution in [0.3, 0.4) is 0 Å². The van der Waals surface area contributed by atoms with Crippen LogP contribution < -0.4 is 0 Å². The zero-order chi connectivity index (χ0) is 13.1. The standard InChI is InChI=1S/C14H24O3/c1-10-6-11(14(2,3)4)8-12(7-10)17-13(15)9-16-5/h7,11-12H,6,8-9H2,1-5H3/t11-,12-/m1/s1. The number of carbonyl (C=O) groups is 1. The molecule has 1 aliphatic rings. The lowest BCUT2D eigenvalue weighted by atomic mass is 9.72. The minimum absolute atomic E-state index is 0.0313. The molecule has 17 heavy (non-hydrogen) atoms. The first-order valence-corrected chi connectivity index (χ1v) is 6.18. The van der Waals surface area contributed by atoms with E-state index in [1.165, 1.54) is 12.7 Å². The van der Waals surface area contributed by atoms with E-state index < -0.39 is 0 Å². The smallest absolute Gasteiger partial charge is 0.332 e. The molecule has 0 bridgehead atoms. The maximum absolute atomic E-state index is 11.4. The number of hydrogen-bond acceptors (Lipinski definition) is 3. The number of ether oxygens (including phenoxy) is 2. The number of allylic oxidation sites excluding steroid dienone is 1. The summed E-state index contributed by atoms with van der Waals surface area (Å²) in [6, 6.07) is 0. The summed E-state index contributed by atoms with van der Waals surface area (Å²) in [5.41, 5.74) is 1.56. The second kappa shape index (κ2) is 5.67. The third kappa shape index (κ3) is 4.50. The van der Waals surface area contributed by atoms with Crippen LogP contribution in [0.25, 0.3) is 0 Å². The van der Waals surface area contributed by atoms with E-state index >= 15 is 0 Å². The summed E-state index contributed by atoms with van der Waals surface area (Å²) in [5.74, 6) is 0.281. The molecule has 2 atom stereocenters. The zero-order valence-electron chi connectivity index (χ0n) is 11.6. The molecule has 0 aliphatic heterocycles. The van der Waals surface area contributed by atoms with E-state index in [0.717, 1.165) is 12.8 Å². The normalized spacial score (nSPS) is 25.4. The van der Waals surface area contributed by atoms with Gasteiger partial charge in [0.1, 0.15) is 12.7 Å². The molecule has 0 amide bonds. The monoisotopic (exact) mass is 240 g/mol. The molecule has 3 heteroatoms. The number of carbonyl (C=O) groups excluding carboxylic acids is 1. The van der Waals surface area contributed by atoms with Crippen LogP contribution in [0.1, 0.15) is 40.5 Å². The predicted octanol–water partition coefficient (Wildman–Crippen LogP) is 2.95. The molecule has 0 saturated heterocycles. The zero-order valence-corrected chi connectivity index (χ0v) is 11.6. The quantitative estimate of drug-likeness (QED) is 0.562. The summed E-state index contributed by atoms with van der Waals surface area (Å²) in [6.07, 6.45) is 3.99. The van der Waals surface area contributed by atoms with E-state index in [4.69, 9.17) is 9.47 Å². The lowest BCUT2D eigenvalue weighted by Crippen LogP contribution is -2.31. The number of methoxy groups -OCH3 is 1. The fourth-order valence-corrected chi connectivity index (χ4v) is 2.27. The van der Waals surface area contributed by atoms with Gasteiger partial charge in [-0.3, -0.25) is 0 Å². The molecule has 0 spiro atoms. The molecule has 0 unspecified atom stereocenters. The molecule has 0 saturated carbocycles. The van der Waals surface area contributed by atoms with Crippen LogP contribution in [0.15, 0.2) is 11.6 Å². The molecule has 1 rings (SSSR count). The highest BCUT2D eigenvalue weighted by molar-refractivity contribution is 5.71. The van der Waals surface area contributed by atoms with Crippen LogP contribution in [-0.4, -0.2) is 25.8 Å². The van der Waals surface area contributed by atoms with Gasteiger partial charge in [0, 0.05) is 7.11 Å². The van der Waals surface area contributed by atoms with Crippen molar-refractivity contribution in [2.24, 2.45) is 11.3 Å². The molecule has 1 aliphatic carbocycles. The van der Waals surface area contributed by atoms with E-state index in [0.29, 0.717) is 5.92 Å². The highest BCUT2D eigenvalue weighted by Gasteiger charge is 2.31. The summed E-state index contributed by atoms with van der Waals surface area (Å²) in [4.78, 5) is 11.4. The van der Waals surface area contributed by atoms with Crippen LogP contribution in [0.2, 0.25) is 0 Å². The Morgan fingerprint density at radius 2 is 2.12 bits per heavy atom. The first-order chi connectivity index (χ1) is 7.82. The topological polar surface area (TPSA) is 35.5 Å². The first kappa shape index (κ1) is 14.2. The summed E-state index contributed by atoms with van der Waals surface area (Å²) < 4.78 is 10.2. The molecule has 98 valence electrons. The van der Waals surface area contributed by atoms with Crippen molar-refractivity contribution in [1.82, 2.24) is 0 Å². The molecule has 0 aromatic rings. The Hall–Kier alpha value is -0.830. The van der Waals surface area contributed by atoms with Crippen molar-refractivity contribution in [3.63, 3.8) is 0 Å². The van der Waals surface area contributed by atoms with E-state index in [1.54, 1.807) is 0 Å². The van der Waals surface area contributed by atoms with Crippen molar-refractivity contribution >= 4 is 5.97 Å². The largest absolute Gasteiger partial charge is 0.456 e. The van der Waals surface area contributed by atoms with Gasteiger partial charge in [-0.1, -0.05) is 26.3 Å². The van der Waals surface area contributed by atoms with Crippen LogP contribution in [0.5, 0.6) is 0 Å². The highest BCUT2D eigenvalue weighted by Crippen LogP contribution is 2.38. The van der Waals surface area contributed by atoms with Crippen molar-refractivity contribution in [1.29, 1.82) is 0 Å². The Bertz CT molecular complexity index is 299. The maximum Gasteiger partial charge on any atom is 0.332 e. The van der Waals surface area contributed by atoms with E-state index in [9.17, 15) is 4.79 Å². The Morgan fingerprint density at radius 3 is 2.65 bits per heavy atom. The van der Waals surface area contributed by atoms with Crippen LogP contribution in [0.4, 0.5) is 0 Å². The van der Waals surface area contributed by atoms with Gasteiger partial charge < -0.3 is 9.47 Å². The van der Waals surface area contributed by atoms with Gasteiger partial charge in [0.2, 0.25) is 0 Å². The molecule has 0 N–H and O–H groups in total. The highest BCUT2D eigenvalue weighted by atomic mass is 16.6. The Morgan fingerprint density at radius 1 is 1.47 bits per heavy atom. The van der Waals surface area contributed by atoms with Gasteiger partial charge in [0.25, 0.3) is 0 Å². The van der Waals surface area contributed by atoms with Crippen molar-refractivity contribution < 1.29 is 14.3 Å². The van der Waals surface area contributed by atoms with Crippen molar-refractivity contribution in [3.8, 4) is 0 Å². The lowest BCUT2D eigenvalue weighted by molar-refractivity contribution is -0.152. The SMILES string of the molecule is COCC(=O)O[C@@H]1C=C(C)C[C@@H](C(C)(C)C)C1. The third-order valence-corrected chi connectivity index (χ3v) is 3.33. The van der Waals surface area contributed by atoms with E-state index in [2.05, 4.69) is 33.8 Å². The van der Waals surface area contributed by atoms with E-state index in [-0.39, 0.29) is 24.1 Å². The summed E-state index contributed by atoms with van der Waals surface area (Å²) in [5, 5.41) is 0. The fourth-order valence-electron chi connectivity index (χ4n) is 2.27. The average Bonchev–Trinajstić information content (AvgIpc) is 2.15. The van der Waals surface area contributed by atoms with Crippen molar-refractivity contribution in [2.45, 2.75) is 46.6 Å². The summed E-state index contributed by atoms with van der Waals surface area (Å²) in [7, 11) is 1.50. The van der Waals surface area contributed by atoms with Gasteiger partial charge in [-0.2, -0.15) is 0 Å². The fraction of sp³-hybridized carbons (Fsp3) is 0.786. The van der Waals surface area contributed by atoms with Gasteiger partial charge in [0.15, 0.2) is 0 Å². The molecular formula is C14H24O3. The van der Waals surface area contributed by atoms with Gasteiger partial charge in [-0.05, 0) is 37.2 Å². The Kier molecular flexibility index (Phi) is 4.75. The maximum atomic E-state index is 11.4. The molecular weight excluding hydrogens is 216 g/mol. The molecule has 0 radical (unpaired) electrons. The lowest BCUT2D eigenvalue weighted by Gasteiger charge is -2.36. The van der Waals surface area contributed by atoms with Crippen molar-refractivity contribution in [3.05, 3.63) is 11.6 Å². The van der Waals surface area contributed by atoms with Crippen LogP contribution >= 0.6 is 0 Å². The van der Waals surface area contributed by atoms with Crippen LogP contribution in [0, 0.1) is 11.3 Å². The molecule has 0 heterocycles. The van der Waals surface area contributed by atoms with Gasteiger partial charge in [0.05, 0.1) is 0 Å². The minimum atomic E-state index is -0.281. The molecule has 3 nitrogen and oxygen atoms in total. The predicted molar refractivity (Wildman–Crippen MR) is 67.7 cm³/mol. The minimum Gasteiger partial charge on any atom is -0.456 e. The molecule has 0 aromatic heterocycles. The molecule has 0 aromatic carbocycles. The Labute approximate surface area is 104 Å². The second-order valence-corrected chi connectivity index (χ2v) is 5.98. The third-order valence-electron chi connectivity index (χ3n) is 3.33. The number of rotatable bonds is 3. The molecule has 0 fully saturated rings. The average molecular weight is 240 g/mol. The van der Waals surface area contributed by atoms with Gasteiger partial charge in [-0.15, -0.1) is 0 Å². The van der Waals surface area contributed by atoms with Gasteiger partial charge in [-0.25, -0.2) is 4.79 Å². The second-order valence-electron chi connectivity index (χ2n) is 5.98. The van der Waals surface area contributed by atoms with Gasteiger partial charge >= 0.3 is 5.97 Å². The number of hydrogen-bond donors (Lipinski definition) is 0. The summed E-state index contributed by atoms with van der Waals surface area (Å²) >= 11 is 0. The first-order valence-electron chi connectivity index (χ1n) is 6.18.